The maximum absolute atomic E-state index is 13.8. The van der Waals surface area contributed by atoms with Crippen LogP contribution in [0.4, 0.5) is 10.1 Å². The molecule has 2 aromatic rings. The Bertz CT molecular complexity index is 628. The minimum absolute atomic E-state index is 0.192. The molecule has 104 valence electrons. The van der Waals surface area contributed by atoms with Crippen molar-refractivity contribution in [1.29, 1.82) is 0 Å². The largest absolute Gasteiger partial charge is 0.378 e. The Balaban J connectivity index is 2.14. The molecule has 0 bridgehead atoms. The van der Waals surface area contributed by atoms with Crippen molar-refractivity contribution in [3.63, 3.8) is 0 Å². The standard InChI is InChI=1S/C15H14BrFN2O/c1-9(13-7-4-11(16)8-14(13)17)19-12-5-2-10(3-6-12)15(18)20/h2-9,19H,1H3,(H2,18,20). The summed E-state index contributed by atoms with van der Waals surface area (Å²) in [5.41, 5.74) is 6.99. The Morgan fingerprint density at radius 1 is 1.25 bits per heavy atom. The van der Waals surface area contributed by atoms with Gasteiger partial charge >= 0.3 is 0 Å². The number of primary amides is 1. The van der Waals surface area contributed by atoms with Gasteiger partial charge in [-0.15, -0.1) is 0 Å². The van der Waals surface area contributed by atoms with E-state index < -0.39 is 5.91 Å². The van der Waals surface area contributed by atoms with Crippen molar-refractivity contribution in [3.8, 4) is 0 Å². The van der Waals surface area contributed by atoms with Crippen molar-refractivity contribution in [2.75, 3.05) is 5.32 Å². The Morgan fingerprint density at radius 2 is 1.90 bits per heavy atom. The lowest BCUT2D eigenvalue weighted by Gasteiger charge is -2.16. The molecule has 1 unspecified atom stereocenters. The average molecular weight is 337 g/mol. The summed E-state index contributed by atoms with van der Waals surface area (Å²) in [5.74, 6) is -0.739. The normalized spacial score (nSPS) is 11.9. The van der Waals surface area contributed by atoms with Gasteiger partial charge in [0.25, 0.3) is 0 Å². The molecule has 3 nitrogen and oxygen atoms in total. The van der Waals surface area contributed by atoms with Crippen LogP contribution in [0.5, 0.6) is 0 Å². The molecule has 3 N–H and O–H groups in total. The highest BCUT2D eigenvalue weighted by Crippen LogP contribution is 2.24. The van der Waals surface area contributed by atoms with Crippen molar-refractivity contribution in [1.82, 2.24) is 0 Å². The maximum Gasteiger partial charge on any atom is 0.248 e. The van der Waals surface area contributed by atoms with Crippen LogP contribution in [0.15, 0.2) is 46.9 Å². The number of halogens is 2. The first-order valence-electron chi connectivity index (χ1n) is 6.08. The van der Waals surface area contributed by atoms with E-state index in [2.05, 4.69) is 21.2 Å². The van der Waals surface area contributed by atoms with E-state index in [9.17, 15) is 9.18 Å². The molecule has 0 fully saturated rings. The van der Waals surface area contributed by atoms with Gasteiger partial charge in [-0.3, -0.25) is 4.79 Å². The highest BCUT2D eigenvalue weighted by molar-refractivity contribution is 9.10. The second kappa shape index (κ2) is 6.05. The summed E-state index contributed by atoms with van der Waals surface area (Å²) in [5, 5.41) is 3.18. The molecule has 0 spiro atoms. The van der Waals surface area contributed by atoms with Crippen molar-refractivity contribution in [2.24, 2.45) is 5.73 Å². The van der Waals surface area contributed by atoms with E-state index in [4.69, 9.17) is 5.73 Å². The molecule has 1 atom stereocenters. The van der Waals surface area contributed by atoms with Crippen LogP contribution in [-0.4, -0.2) is 5.91 Å². The van der Waals surface area contributed by atoms with Gasteiger partial charge in [0.2, 0.25) is 5.91 Å². The van der Waals surface area contributed by atoms with Crippen LogP contribution in [0.25, 0.3) is 0 Å². The third-order valence-electron chi connectivity index (χ3n) is 2.98. The number of nitrogens with one attached hydrogen (secondary N) is 1. The molecule has 0 aliphatic heterocycles. The van der Waals surface area contributed by atoms with Crippen molar-refractivity contribution in [2.45, 2.75) is 13.0 Å². The lowest BCUT2D eigenvalue weighted by molar-refractivity contribution is 0.100. The van der Waals surface area contributed by atoms with Crippen LogP contribution in [0.3, 0.4) is 0 Å². The Kier molecular flexibility index (Phi) is 4.39. The van der Waals surface area contributed by atoms with E-state index in [1.54, 1.807) is 36.4 Å². The first-order chi connectivity index (χ1) is 9.47. The average Bonchev–Trinajstić information content (AvgIpc) is 2.39. The molecule has 0 heterocycles. The van der Waals surface area contributed by atoms with Gasteiger partial charge in [-0.2, -0.15) is 0 Å². The van der Waals surface area contributed by atoms with Gasteiger partial charge in [-0.05, 0) is 43.3 Å². The zero-order valence-corrected chi connectivity index (χ0v) is 12.4. The number of hydrogen-bond donors (Lipinski definition) is 2. The number of carbonyl (C=O) groups is 1. The highest BCUT2D eigenvalue weighted by Gasteiger charge is 2.11. The van der Waals surface area contributed by atoms with Crippen LogP contribution in [0.2, 0.25) is 0 Å². The molecular weight excluding hydrogens is 323 g/mol. The fourth-order valence-electron chi connectivity index (χ4n) is 1.91. The zero-order chi connectivity index (χ0) is 14.7. The maximum atomic E-state index is 13.8. The Labute approximate surface area is 125 Å². The van der Waals surface area contributed by atoms with Gasteiger partial charge in [0.05, 0.1) is 6.04 Å². The molecule has 0 saturated carbocycles. The second-order valence-electron chi connectivity index (χ2n) is 4.47. The fraction of sp³-hybridized carbons (Fsp3) is 0.133. The monoisotopic (exact) mass is 336 g/mol. The molecule has 0 aromatic heterocycles. The molecule has 1 amide bonds. The first-order valence-corrected chi connectivity index (χ1v) is 6.88. The van der Waals surface area contributed by atoms with Gasteiger partial charge in [-0.1, -0.05) is 22.0 Å². The molecule has 0 aliphatic carbocycles. The molecule has 0 radical (unpaired) electrons. The molecule has 2 rings (SSSR count). The summed E-state index contributed by atoms with van der Waals surface area (Å²) in [6.07, 6.45) is 0. The van der Waals surface area contributed by atoms with E-state index in [1.807, 2.05) is 6.92 Å². The highest BCUT2D eigenvalue weighted by atomic mass is 79.9. The summed E-state index contributed by atoms with van der Waals surface area (Å²) in [7, 11) is 0. The van der Waals surface area contributed by atoms with Crippen molar-refractivity contribution < 1.29 is 9.18 Å². The molecule has 0 saturated heterocycles. The second-order valence-corrected chi connectivity index (χ2v) is 5.39. The third kappa shape index (κ3) is 3.36. The topological polar surface area (TPSA) is 55.1 Å². The molecule has 5 heteroatoms. The minimum Gasteiger partial charge on any atom is -0.378 e. The Hall–Kier alpha value is -1.88. The molecule has 2 aromatic carbocycles. The predicted octanol–water partition coefficient (Wildman–Crippen LogP) is 3.86. The summed E-state index contributed by atoms with van der Waals surface area (Å²) in [4.78, 5) is 11.0. The van der Waals surface area contributed by atoms with Crippen LogP contribution >= 0.6 is 15.9 Å². The molecular formula is C15H14BrFN2O. The van der Waals surface area contributed by atoms with Gasteiger partial charge in [0.1, 0.15) is 5.82 Å². The van der Waals surface area contributed by atoms with Gasteiger partial charge in [-0.25, -0.2) is 4.39 Å². The molecule has 20 heavy (non-hydrogen) atoms. The summed E-state index contributed by atoms with van der Waals surface area (Å²) < 4.78 is 14.5. The van der Waals surface area contributed by atoms with Crippen LogP contribution in [-0.2, 0) is 0 Å². The third-order valence-corrected chi connectivity index (χ3v) is 3.47. The van der Waals surface area contributed by atoms with E-state index in [0.29, 0.717) is 15.6 Å². The van der Waals surface area contributed by atoms with E-state index in [1.165, 1.54) is 6.07 Å². The van der Waals surface area contributed by atoms with E-state index >= 15 is 0 Å². The van der Waals surface area contributed by atoms with Gasteiger partial charge < -0.3 is 11.1 Å². The van der Waals surface area contributed by atoms with Crippen molar-refractivity contribution in [3.05, 3.63) is 63.9 Å². The predicted molar refractivity (Wildman–Crippen MR) is 81.1 cm³/mol. The number of benzene rings is 2. The van der Waals surface area contributed by atoms with Gasteiger partial charge in [0, 0.05) is 21.3 Å². The first kappa shape index (κ1) is 14.5. The summed E-state index contributed by atoms with van der Waals surface area (Å²) in [6.45, 7) is 1.87. The van der Waals surface area contributed by atoms with E-state index in [-0.39, 0.29) is 11.9 Å². The Morgan fingerprint density at radius 3 is 2.45 bits per heavy atom. The number of amides is 1. The lowest BCUT2D eigenvalue weighted by atomic mass is 10.1. The smallest absolute Gasteiger partial charge is 0.248 e. The summed E-state index contributed by atoms with van der Waals surface area (Å²) in [6, 6.07) is 11.5. The minimum atomic E-state index is -0.469. The quantitative estimate of drug-likeness (QED) is 0.890. The number of nitrogens with two attached hydrogens (primary N) is 1. The van der Waals surface area contributed by atoms with Crippen molar-refractivity contribution >= 4 is 27.5 Å². The van der Waals surface area contributed by atoms with Crippen LogP contribution in [0, 0.1) is 5.82 Å². The van der Waals surface area contributed by atoms with Gasteiger partial charge in [0.15, 0.2) is 0 Å². The number of rotatable bonds is 4. The summed E-state index contributed by atoms with van der Waals surface area (Å²) >= 11 is 3.23. The number of anilines is 1. The number of carbonyl (C=O) groups excluding carboxylic acids is 1. The van der Waals surface area contributed by atoms with Crippen LogP contribution < -0.4 is 11.1 Å². The number of hydrogen-bond acceptors (Lipinski definition) is 2. The van der Waals surface area contributed by atoms with Crippen LogP contribution in [0.1, 0.15) is 28.9 Å². The molecule has 0 aliphatic rings. The zero-order valence-electron chi connectivity index (χ0n) is 10.9. The van der Waals surface area contributed by atoms with E-state index in [0.717, 1.165) is 5.69 Å². The SMILES string of the molecule is CC(Nc1ccc(C(N)=O)cc1)c1ccc(Br)cc1F. The lowest BCUT2D eigenvalue weighted by Crippen LogP contribution is -2.11. The fourth-order valence-corrected chi connectivity index (χ4v) is 2.24.